The van der Waals surface area contributed by atoms with E-state index in [-0.39, 0.29) is 0 Å². The van der Waals surface area contributed by atoms with Crippen LogP contribution < -0.4 is 5.32 Å². The van der Waals surface area contributed by atoms with Crippen molar-refractivity contribution in [3.8, 4) is 0 Å². The molecule has 3 heteroatoms. The lowest BCUT2D eigenvalue weighted by atomic mass is 9.96. The Morgan fingerprint density at radius 3 is 2.42 bits per heavy atom. The van der Waals surface area contributed by atoms with Gasteiger partial charge in [0, 0.05) is 16.2 Å². The highest BCUT2D eigenvalue weighted by molar-refractivity contribution is 14.1. The number of nitrogens with one attached hydrogen (secondary N) is 1. The van der Waals surface area contributed by atoms with Crippen molar-refractivity contribution in [2.45, 2.75) is 39.3 Å². The molecule has 2 nitrogen and oxygen atoms in total. The van der Waals surface area contributed by atoms with Crippen molar-refractivity contribution in [2.24, 2.45) is 5.92 Å². The summed E-state index contributed by atoms with van der Waals surface area (Å²) in [6.45, 7) is 9.25. The summed E-state index contributed by atoms with van der Waals surface area (Å²) < 4.78 is 1.32. The fourth-order valence-corrected chi connectivity index (χ4v) is 2.96. The lowest BCUT2D eigenvalue weighted by Crippen LogP contribution is -2.38. The Morgan fingerprint density at radius 1 is 1.21 bits per heavy atom. The Labute approximate surface area is 131 Å². The molecule has 0 saturated carbocycles. The van der Waals surface area contributed by atoms with Crippen LogP contribution in [0.1, 0.15) is 32.3 Å². The number of rotatable bonds is 5. The molecular formula is C16H25IN2. The van der Waals surface area contributed by atoms with E-state index >= 15 is 0 Å². The molecule has 19 heavy (non-hydrogen) atoms. The third-order valence-electron chi connectivity index (χ3n) is 3.84. The van der Waals surface area contributed by atoms with Crippen LogP contribution in [0.5, 0.6) is 0 Å². The minimum absolute atomic E-state index is 0.616. The van der Waals surface area contributed by atoms with E-state index in [1.54, 1.807) is 0 Å². The Balaban J connectivity index is 1.72. The largest absolute Gasteiger partial charge is 0.314 e. The minimum Gasteiger partial charge on any atom is -0.314 e. The SMILES string of the molecule is CC(C)NCC1CCN(Cc2ccc(I)cc2)CC1. The fourth-order valence-electron chi connectivity index (χ4n) is 2.60. The molecule has 0 aliphatic carbocycles. The molecule has 1 aromatic rings. The van der Waals surface area contributed by atoms with Crippen molar-refractivity contribution >= 4 is 22.6 Å². The van der Waals surface area contributed by atoms with Crippen LogP contribution >= 0.6 is 22.6 Å². The summed E-state index contributed by atoms with van der Waals surface area (Å²) in [7, 11) is 0. The van der Waals surface area contributed by atoms with E-state index in [1.807, 2.05) is 0 Å². The quantitative estimate of drug-likeness (QED) is 0.796. The lowest BCUT2D eigenvalue weighted by molar-refractivity contribution is 0.174. The Kier molecular flexibility index (Phi) is 6.10. The van der Waals surface area contributed by atoms with E-state index in [2.05, 4.69) is 70.9 Å². The summed E-state index contributed by atoms with van der Waals surface area (Å²) >= 11 is 2.36. The van der Waals surface area contributed by atoms with E-state index < -0.39 is 0 Å². The molecule has 1 aromatic carbocycles. The maximum atomic E-state index is 3.57. The zero-order valence-corrected chi connectivity index (χ0v) is 14.2. The first-order valence-corrected chi connectivity index (χ1v) is 8.41. The second kappa shape index (κ2) is 7.60. The minimum atomic E-state index is 0.616. The van der Waals surface area contributed by atoms with Crippen molar-refractivity contribution in [3.05, 3.63) is 33.4 Å². The number of piperidine rings is 1. The molecule has 1 N–H and O–H groups in total. The van der Waals surface area contributed by atoms with Gasteiger partial charge < -0.3 is 5.32 Å². The normalized spacial score (nSPS) is 18.1. The van der Waals surface area contributed by atoms with Crippen LogP contribution in [0.4, 0.5) is 0 Å². The van der Waals surface area contributed by atoms with Crippen LogP contribution in [0.15, 0.2) is 24.3 Å². The molecule has 0 amide bonds. The zero-order valence-electron chi connectivity index (χ0n) is 12.0. The topological polar surface area (TPSA) is 15.3 Å². The van der Waals surface area contributed by atoms with Gasteiger partial charge in [0.05, 0.1) is 0 Å². The van der Waals surface area contributed by atoms with Crippen LogP contribution in [0.25, 0.3) is 0 Å². The molecule has 1 aliphatic heterocycles. The van der Waals surface area contributed by atoms with Crippen molar-refractivity contribution in [3.63, 3.8) is 0 Å². The number of benzene rings is 1. The van der Waals surface area contributed by atoms with Crippen LogP contribution in [-0.2, 0) is 6.54 Å². The highest BCUT2D eigenvalue weighted by Gasteiger charge is 2.19. The van der Waals surface area contributed by atoms with E-state index in [9.17, 15) is 0 Å². The van der Waals surface area contributed by atoms with Crippen molar-refractivity contribution in [1.29, 1.82) is 0 Å². The molecular weight excluding hydrogens is 347 g/mol. The second-order valence-corrected chi connectivity index (χ2v) is 7.15. The molecule has 106 valence electrons. The van der Waals surface area contributed by atoms with Crippen LogP contribution in [0.3, 0.4) is 0 Å². The Hall–Kier alpha value is -0.130. The van der Waals surface area contributed by atoms with Crippen molar-refractivity contribution in [2.75, 3.05) is 19.6 Å². The van der Waals surface area contributed by atoms with E-state index in [0.717, 1.165) is 12.5 Å². The zero-order chi connectivity index (χ0) is 13.7. The van der Waals surface area contributed by atoms with Crippen molar-refractivity contribution < 1.29 is 0 Å². The summed E-state index contributed by atoms with van der Waals surface area (Å²) in [5, 5.41) is 3.57. The lowest BCUT2D eigenvalue weighted by Gasteiger charge is -2.32. The van der Waals surface area contributed by atoms with Gasteiger partial charge >= 0.3 is 0 Å². The summed E-state index contributed by atoms with van der Waals surface area (Å²) in [4.78, 5) is 2.59. The first kappa shape index (κ1) is 15.3. The summed E-state index contributed by atoms with van der Waals surface area (Å²) in [5.74, 6) is 0.871. The predicted octanol–water partition coefficient (Wildman–Crippen LogP) is 3.50. The highest BCUT2D eigenvalue weighted by atomic mass is 127. The van der Waals surface area contributed by atoms with Gasteiger partial charge in [-0.2, -0.15) is 0 Å². The Morgan fingerprint density at radius 2 is 1.84 bits per heavy atom. The number of nitrogens with zero attached hydrogens (tertiary/aromatic N) is 1. The molecule has 2 rings (SSSR count). The molecule has 1 fully saturated rings. The van der Waals surface area contributed by atoms with Gasteiger partial charge in [-0.25, -0.2) is 0 Å². The van der Waals surface area contributed by atoms with Gasteiger partial charge in [0.15, 0.2) is 0 Å². The molecule has 1 saturated heterocycles. The summed E-state index contributed by atoms with van der Waals surface area (Å²) in [6.07, 6.45) is 2.67. The Bertz CT molecular complexity index is 367. The average Bonchev–Trinajstić information content (AvgIpc) is 2.40. The van der Waals surface area contributed by atoms with E-state index in [0.29, 0.717) is 6.04 Å². The maximum Gasteiger partial charge on any atom is 0.0233 e. The van der Waals surface area contributed by atoms with Crippen molar-refractivity contribution in [1.82, 2.24) is 10.2 Å². The van der Waals surface area contributed by atoms with Gasteiger partial charge in [-0.05, 0) is 78.7 Å². The molecule has 0 unspecified atom stereocenters. The first-order chi connectivity index (χ1) is 9.13. The summed E-state index contributed by atoms with van der Waals surface area (Å²) in [5.41, 5.74) is 1.44. The number of likely N-dealkylation sites (tertiary alicyclic amines) is 1. The monoisotopic (exact) mass is 372 g/mol. The third kappa shape index (κ3) is 5.40. The molecule has 1 heterocycles. The molecule has 1 aliphatic rings. The van der Waals surface area contributed by atoms with Crippen LogP contribution in [0.2, 0.25) is 0 Å². The average molecular weight is 372 g/mol. The van der Waals surface area contributed by atoms with E-state index in [4.69, 9.17) is 0 Å². The van der Waals surface area contributed by atoms with Gasteiger partial charge in [0.1, 0.15) is 0 Å². The van der Waals surface area contributed by atoms with Gasteiger partial charge in [-0.1, -0.05) is 26.0 Å². The molecule has 0 aromatic heterocycles. The fraction of sp³-hybridized carbons (Fsp3) is 0.625. The van der Waals surface area contributed by atoms with E-state index in [1.165, 1.54) is 41.6 Å². The number of halogens is 1. The standard InChI is InChI=1S/C16H25IN2/c1-13(2)18-11-14-7-9-19(10-8-14)12-15-3-5-16(17)6-4-15/h3-6,13-14,18H,7-12H2,1-2H3. The molecule has 0 atom stereocenters. The molecule has 0 radical (unpaired) electrons. The number of hydrogen-bond acceptors (Lipinski definition) is 2. The van der Waals surface area contributed by atoms with Crippen LogP contribution in [0, 0.1) is 9.49 Å². The first-order valence-electron chi connectivity index (χ1n) is 7.33. The van der Waals surface area contributed by atoms with Gasteiger partial charge in [0.25, 0.3) is 0 Å². The highest BCUT2D eigenvalue weighted by Crippen LogP contribution is 2.19. The van der Waals surface area contributed by atoms with Crippen LogP contribution in [-0.4, -0.2) is 30.6 Å². The smallest absolute Gasteiger partial charge is 0.0233 e. The van der Waals surface area contributed by atoms with Gasteiger partial charge in [-0.15, -0.1) is 0 Å². The van der Waals surface area contributed by atoms with Gasteiger partial charge in [0.2, 0.25) is 0 Å². The third-order valence-corrected chi connectivity index (χ3v) is 4.56. The summed E-state index contributed by atoms with van der Waals surface area (Å²) in [6, 6.07) is 9.54. The molecule has 0 bridgehead atoms. The predicted molar refractivity (Wildman–Crippen MR) is 90.3 cm³/mol. The van der Waals surface area contributed by atoms with Gasteiger partial charge in [-0.3, -0.25) is 4.90 Å². The molecule has 0 spiro atoms. The number of hydrogen-bond donors (Lipinski definition) is 1. The second-order valence-electron chi connectivity index (χ2n) is 5.91. The maximum absolute atomic E-state index is 3.57.